The monoisotopic (exact) mass is 267 g/mol. The normalized spacial score (nSPS) is 12.0. The van der Waals surface area contributed by atoms with E-state index in [0.29, 0.717) is 17.1 Å². The van der Waals surface area contributed by atoms with Crippen molar-refractivity contribution in [2.75, 3.05) is 20.8 Å². The Hall–Kier alpha value is -1.75. The van der Waals surface area contributed by atoms with Gasteiger partial charge in [0.1, 0.15) is 11.5 Å². The Balaban J connectivity index is 3.34. The second kappa shape index (κ2) is 6.99. The topological polar surface area (TPSA) is 81.8 Å². The Bertz CT molecular complexity index is 445. The number of carboxylic acids is 1. The minimum absolute atomic E-state index is 0.0158. The van der Waals surface area contributed by atoms with Gasteiger partial charge in [-0.1, -0.05) is 13.3 Å². The third-order valence-corrected chi connectivity index (χ3v) is 3.06. The summed E-state index contributed by atoms with van der Waals surface area (Å²) in [5, 5.41) is 9.21. The molecule has 1 atom stereocenters. The van der Waals surface area contributed by atoms with Crippen LogP contribution < -0.4 is 15.2 Å². The number of carbonyl (C=O) groups is 1. The summed E-state index contributed by atoms with van der Waals surface area (Å²) < 4.78 is 10.6. The van der Waals surface area contributed by atoms with Crippen LogP contribution in [-0.4, -0.2) is 31.8 Å². The van der Waals surface area contributed by atoms with Gasteiger partial charge in [-0.25, -0.2) is 0 Å². The molecule has 19 heavy (non-hydrogen) atoms. The van der Waals surface area contributed by atoms with Gasteiger partial charge in [0.2, 0.25) is 0 Å². The molecule has 0 fully saturated rings. The Morgan fingerprint density at radius 2 is 1.95 bits per heavy atom. The molecule has 0 heterocycles. The van der Waals surface area contributed by atoms with Gasteiger partial charge >= 0.3 is 5.97 Å². The molecule has 0 aliphatic carbocycles. The van der Waals surface area contributed by atoms with Crippen LogP contribution in [0.2, 0.25) is 0 Å². The molecule has 1 aromatic rings. The standard InChI is InChI=1S/C14H21NO4/c1-4-5-9-6-13(19-3)10(7-12(9)18-2)11(8-15)14(16)17/h6-7,11H,4-5,8,15H2,1-3H3,(H,16,17). The molecule has 0 saturated heterocycles. The van der Waals surface area contributed by atoms with Crippen LogP contribution in [0.4, 0.5) is 0 Å². The van der Waals surface area contributed by atoms with Gasteiger partial charge in [0.05, 0.1) is 20.1 Å². The quantitative estimate of drug-likeness (QED) is 0.787. The van der Waals surface area contributed by atoms with Crippen molar-refractivity contribution in [2.45, 2.75) is 25.7 Å². The van der Waals surface area contributed by atoms with Crippen LogP contribution in [0.3, 0.4) is 0 Å². The first-order valence-electron chi connectivity index (χ1n) is 6.26. The molecule has 1 aromatic carbocycles. The van der Waals surface area contributed by atoms with E-state index >= 15 is 0 Å². The lowest BCUT2D eigenvalue weighted by molar-refractivity contribution is -0.138. The molecule has 3 N–H and O–H groups in total. The first kappa shape index (κ1) is 15.3. The van der Waals surface area contributed by atoms with E-state index in [4.69, 9.17) is 15.2 Å². The molecule has 0 bridgehead atoms. The number of hydrogen-bond donors (Lipinski definition) is 2. The number of hydrogen-bond acceptors (Lipinski definition) is 4. The fourth-order valence-corrected chi connectivity index (χ4v) is 2.08. The highest BCUT2D eigenvalue weighted by atomic mass is 16.5. The van der Waals surface area contributed by atoms with Crippen molar-refractivity contribution in [1.29, 1.82) is 0 Å². The zero-order valence-corrected chi connectivity index (χ0v) is 11.6. The Kier molecular flexibility index (Phi) is 5.63. The zero-order valence-electron chi connectivity index (χ0n) is 11.6. The van der Waals surface area contributed by atoms with E-state index in [1.807, 2.05) is 6.07 Å². The van der Waals surface area contributed by atoms with Crippen LogP contribution in [0.15, 0.2) is 12.1 Å². The molecular formula is C14H21NO4. The third kappa shape index (κ3) is 3.38. The average Bonchev–Trinajstić information content (AvgIpc) is 2.40. The summed E-state index contributed by atoms with van der Waals surface area (Å²) in [5.74, 6) is -0.537. The van der Waals surface area contributed by atoms with Gasteiger partial charge < -0.3 is 20.3 Å². The minimum atomic E-state index is -0.967. The molecule has 0 aromatic heterocycles. The highest BCUT2D eigenvalue weighted by molar-refractivity contribution is 5.78. The fourth-order valence-electron chi connectivity index (χ4n) is 2.08. The van der Waals surface area contributed by atoms with Crippen LogP contribution in [0.25, 0.3) is 0 Å². The molecular weight excluding hydrogens is 246 g/mol. The summed E-state index contributed by atoms with van der Waals surface area (Å²) in [6, 6.07) is 3.55. The van der Waals surface area contributed by atoms with Crippen molar-refractivity contribution >= 4 is 5.97 Å². The van der Waals surface area contributed by atoms with E-state index in [-0.39, 0.29) is 6.54 Å². The van der Waals surface area contributed by atoms with Crippen LogP contribution in [0.5, 0.6) is 11.5 Å². The largest absolute Gasteiger partial charge is 0.496 e. The molecule has 1 unspecified atom stereocenters. The molecule has 0 radical (unpaired) electrons. The van der Waals surface area contributed by atoms with Crippen molar-refractivity contribution in [1.82, 2.24) is 0 Å². The molecule has 1 rings (SSSR count). The molecule has 0 aliphatic rings. The fraction of sp³-hybridized carbons (Fsp3) is 0.500. The Morgan fingerprint density at radius 3 is 2.37 bits per heavy atom. The predicted molar refractivity (Wildman–Crippen MR) is 73.0 cm³/mol. The van der Waals surface area contributed by atoms with Gasteiger partial charge in [-0.2, -0.15) is 0 Å². The smallest absolute Gasteiger partial charge is 0.312 e. The van der Waals surface area contributed by atoms with Crippen LogP contribution >= 0.6 is 0 Å². The number of ether oxygens (including phenoxy) is 2. The lowest BCUT2D eigenvalue weighted by atomic mass is 9.95. The number of aliphatic carboxylic acids is 1. The summed E-state index contributed by atoms with van der Waals surface area (Å²) in [6.45, 7) is 2.09. The van der Waals surface area contributed by atoms with Gasteiger partial charge in [0.15, 0.2) is 0 Å². The van der Waals surface area contributed by atoms with E-state index < -0.39 is 11.9 Å². The van der Waals surface area contributed by atoms with Crippen LogP contribution in [-0.2, 0) is 11.2 Å². The number of aryl methyl sites for hydroxylation is 1. The predicted octanol–water partition coefficient (Wildman–Crippen LogP) is 1.78. The summed E-state index contributed by atoms with van der Waals surface area (Å²) in [4.78, 5) is 11.2. The van der Waals surface area contributed by atoms with Gasteiger partial charge in [0, 0.05) is 12.1 Å². The van der Waals surface area contributed by atoms with Crippen molar-refractivity contribution in [3.63, 3.8) is 0 Å². The number of carboxylic acid groups (broad SMARTS) is 1. The van der Waals surface area contributed by atoms with E-state index in [0.717, 1.165) is 18.4 Å². The summed E-state index contributed by atoms with van der Waals surface area (Å²) in [5.41, 5.74) is 7.10. The maximum Gasteiger partial charge on any atom is 0.312 e. The van der Waals surface area contributed by atoms with E-state index in [9.17, 15) is 9.90 Å². The Labute approximate surface area is 113 Å². The van der Waals surface area contributed by atoms with Gasteiger partial charge in [-0.05, 0) is 24.1 Å². The summed E-state index contributed by atoms with van der Waals surface area (Å²) in [7, 11) is 3.10. The highest BCUT2D eigenvalue weighted by Crippen LogP contribution is 2.34. The minimum Gasteiger partial charge on any atom is -0.496 e. The lowest BCUT2D eigenvalue weighted by Gasteiger charge is -2.18. The molecule has 5 heteroatoms. The van der Waals surface area contributed by atoms with Crippen molar-refractivity contribution in [2.24, 2.45) is 5.73 Å². The highest BCUT2D eigenvalue weighted by Gasteiger charge is 2.24. The molecule has 0 amide bonds. The van der Waals surface area contributed by atoms with E-state index in [2.05, 4.69) is 6.92 Å². The molecule has 0 aliphatic heterocycles. The SMILES string of the molecule is CCCc1cc(OC)c(C(CN)C(=O)O)cc1OC. The molecule has 5 nitrogen and oxygen atoms in total. The van der Waals surface area contributed by atoms with Gasteiger partial charge in [0.25, 0.3) is 0 Å². The average molecular weight is 267 g/mol. The molecule has 0 saturated carbocycles. The van der Waals surface area contributed by atoms with Crippen molar-refractivity contribution in [3.05, 3.63) is 23.3 Å². The molecule has 106 valence electrons. The lowest BCUT2D eigenvalue weighted by Crippen LogP contribution is -2.22. The van der Waals surface area contributed by atoms with Crippen LogP contribution in [0, 0.1) is 0 Å². The zero-order chi connectivity index (χ0) is 14.4. The first-order chi connectivity index (χ1) is 9.08. The summed E-state index contributed by atoms with van der Waals surface area (Å²) >= 11 is 0. The number of benzene rings is 1. The first-order valence-corrected chi connectivity index (χ1v) is 6.26. The number of nitrogens with two attached hydrogens (primary N) is 1. The maximum absolute atomic E-state index is 11.2. The second-order valence-electron chi connectivity index (χ2n) is 4.28. The van der Waals surface area contributed by atoms with E-state index in [1.165, 1.54) is 7.11 Å². The third-order valence-electron chi connectivity index (χ3n) is 3.06. The summed E-state index contributed by atoms with van der Waals surface area (Å²) in [6.07, 6.45) is 1.82. The van der Waals surface area contributed by atoms with Crippen molar-refractivity contribution < 1.29 is 19.4 Å². The number of rotatable bonds is 7. The second-order valence-corrected chi connectivity index (χ2v) is 4.28. The van der Waals surface area contributed by atoms with Crippen LogP contribution in [0.1, 0.15) is 30.4 Å². The van der Waals surface area contributed by atoms with Crippen molar-refractivity contribution in [3.8, 4) is 11.5 Å². The number of methoxy groups -OCH3 is 2. The maximum atomic E-state index is 11.2. The Morgan fingerprint density at radius 1 is 1.32 bits per heavy atom. The van der Waals surface area contributed by atoms with E-state index in [1.54, 1.807) is 13.2 Å². The van der Waals surface area contributed by atoms with Gasteiger partial charge in [-0.15, -0.1) is 0 Å². The molecule has 0 spiro atoms. The van der Waals surface area contributed by atoms with Gasteiger partial charge in [-0.3, -0.25) is 4.79 Å².